The highest BCUT2D eigenvalue weighted by molar-refractivity contribution is 7.80. The second kappa shape index (κ2) is 6.33. The van der Waals surface area contributed by atoms with E-state index in [2.05, 4.69) is 11.8 Å². The quantitative estimate of drug-likeness (QED) is 0.856. The van der Waals surface area contributed by atoms with Crippen LogP contribution in [0.3, 0.4) is 0 Å². The molecular weight excluding hydrogens is 259 g/mol. The minimum Gasteiger partial charge on any atom is -0.389 e. The first-order valence-corrected chi connectivity index (χ1v) is 7.37. The summed E-state index contributed by atoms with van der Waals surface area (Å²) >= 11 is 5.03. The summed E-state index contributed by atoms with van der Waals surface area (Å²) in [6, 6.07) is 4.72. The van der Waals surface area contributed by atoms with Crippen molar-refractivity contribution >= 4 is 22.9 Å². The number of benzene rings is 1. The van der Waals surface area contributed by atoms with Crippen molar-refractivity contribution in [1.82, 2.24) is 0 Å². The number of nitrogens with zero attached hydrogens (tertiary/aromatic N) is 1. The van der Waals surface area contributed by atoms with E-state index in [1.54, 1.807) is 6.07 Å². The first kappa shape index (κ1) is 14.3. The van der Waals surface area contributed by atoms with Crippen molar-refractivity contribution in [2.75, 3.05) is 18.0 Å². The second-order valence-corrected chi connectivity index (χ2v) is 5.68. The van der Waals surface area contributed by atoms with Gasteiger partial charge in [-0.3, -0.25) is 0 Å². The predicted molar refractivity (Wildman–Crippen MR) is 82.1 cm³/mol. The maximum Gasteiger partial charge on any atom is 0.124 e. The average molecular weight is 280 g/mol. The molecule has 0 saturated carbocycles. The highest BCUT2D eigenvalue weighted by Crippen LogP contribution is 2.28. The van der Waals surface area contributed by atoms with Crippen LogP contribution in [-0.4, -0.2) is 18.1 Å². The number of piperidine rings is 1. The molecule has 2 nitrogen and oxygen atoms in total. The summed E-state index contributed by atoms with van der Waals surface area (Å²) in [4.78, 5) is 2.55. The normalized spacial score (nSPS) is 16.6. The molecule has 0 aliphatic carbocycles. The predicted octanol–water partition coefficient (Wildman–Crippen LogP) is 3.48. The van der Waals surface area contributed by atoms with Gasteiger partial charge in [-0.25, -0.2) is 4.39 Å². The molecule has 1 aromatic carbocycles. The van der Waals surface area contributed by atoms with Crippen molar-refractivity contribution < 1.29 is 4.39 Å². The van der Waals surface area contributed by atoms with Crippen LogP contribution in [0.25, 0.3) is 0 Å². The van der Waals surface area contributed by atoms with Gasteiger partial charge in [-0.15, -0.1) is 0 Å². The van der Waals surface area contributed by atoms with Crippen molar-refractivity contribution in [2.24, 2.45) is 11.7 Å². The number of halogens is 1. The standard InChI is InChI=1S/C15H21FN2S/c1-2-3-11-6-8-18(9-7-11)14-5-4-12(16)10-13(14)15(17)19/h4-5,10-11H,2-3,6-9H2,1H3,(H2,17,19). The summed E-state index contributed by atoms with van der Waals surface area (Å²) in [7, 11) is 0. The molecule has 2 rings (SSSR count). The lowest BCUT2D eigenvalue weighted by molar-refractivity contribution is 0.378. The molecule has 1 aliphatic rings. The highest BCUT2D eigenvalue weighted by Gasteiger charge is 2.21. The Kier molecular flexibility index (Phi) is 4.75. The van der Waals surface area contributed by atoms with Gasteiger partial charge in [0.15, 0.2) is 0 Å². The Hall–Kier alpha value is -1.16. The van der Waals surface area contributed by atoms with Crippen LogP contribution in [0.4, 0.5) is 10.1 Å². The van der Waals surface area contributed by atoms with Crippen molar-refractivity contribution in [3.8, 4) is 0 Å². The lowest BCUT2D eigenvalue weighted by Gasteiger charge is -2.34. The zero-order valence-corrected chi connectivity index (χ0v) is 12.2. The van der Waals surface area contributed by atoms with Gasteiger partial charge in [0.05, 0.1) is 0 Å². The van der Waals surface area contributed by atoms with Crippen molar-refractivity contribution in [3.63, 3.8) is 0 Å². The van der Waals surface area contributed by atoms with Gasteiger partial charge < -0.3 is 10.6 Å². The molecule has 1 fully saturated rings. The van der Waals surface area contributed by atoms with Crippen molar-refractivity contribution in [2.45, 2.75) is 32.6 Å². The van der Waals surface area contributed by atoms with Crippen LogP contribution in [0.1, 0.15) is 38.2 Å². The number of hydrogen-bond donors (Lipinski definition) is 1. The second-order valence-electron chi connectivity index (χ2n) is 5.24. The van der Waals surface area contributed by atoms with E-state index in [-0.39, 0.29) is 10.8 Å². The molecule has 2 N–H and O–H groups in total. The smallest absolute Gasteiger partial charge is 0.124 e. The zero-order valence-electron chi connectivity index (χ0n) is 11.4. The van der Waals surface area contributed by atoms with Gasteiger partial charge in [0, 0.05) is 24.3 Å². The van der Waals surface area contributed by atoms with Crippen LogP contribution in [-0.2, 0) is 0 Å². The fourth-order valence-electron chi connectivity index (χ4n) is 2.85. The lowest BCUT2D eigenvalue weighted by atomic mass is 9.92. The first-order chi connectivity index (χ1) is 9.11. The molecule has 0 spiro atoms. The summed E-state index contributed by atoms with van der Waals surface area (Å²) in [5, 5.41) is 0. The summed E-state index contributed by atoms with van der Waals surface area (Å²) in [6.45, 7) is 4.25. The number of rotatable bonds is 4. The SMILES string of the molecule is CCCC1CCN(c2ccc(F)cc2C(N)=S)CC1. The minimum absolute atomic E-state index is 0.269. The molecule has 0 bridgehead atoms. The van der Waals surface area contributed by atoms with E-state index in [4.69, 9.17) is 18.0 Å². The number of hydrogen-bond acceptors (Lipinski definition) is 2. The molecule has 0 unspecified atom stereocenters. The minimum atomic E-state index is -0.285. The van der Waals surface area contributed by atoms with E-state index in [0.717, 1.165) is 24.7 Å². The van der Waals surface area contributed by atoms with Gasteiger partial charge in [0.2, 0.25) is 0 Å². The van der Waals surface area contributed by atoms with Crippen molar-refractivity contribution in [3.05, 3.63) is 29.6 Å². The molecule has 0 amide bonds. The largest absolute Gasteiger partial charge is 0.389 e. The van der Waals surface area contributed by atoms with E-state index in [1.807, 2.05) is 0 Å². The summed E-state index contributed by atoms with van der Waals surface area (Å²) in [5.41, 5.74) is 7.34. The molecule has 0 atom stereocenters. The molecule has 1 saturated heterocycles. The fourth-order valence-corrected chi connectivity index (χ4v) is 3.02. The van der Waals surface area contributed by atoms with Crippen LogP contribution in [0, 0.1) is 11.7 Å². The van der Waals surface area contributed by atoms with E-state index in [1.165, 1.54) is 37.8 Å². The summed E-state index contributed by atoms with van der Waals surface area (Å²) in [5.74, 6) is 0.544. The van der Waals surface area contributed by atoms with Crippen LogP contribution >= 0.6 is 12.2 Å². The highest BCUT2D eigenvalue weighted by atomic mass is 32.1. The molecule has 0 aromatic heterocycles. The Balaban J connectivity index is 2.13. The monoisotopic (exact) mass is 280 g/mol. The topological polar surface area (TPSA) is 29.3 Å². The molecule has 1 aromatic rings. The van der Waals surface area contributed by atoms with E-state index in [0.29, 0.717) is 5.56 Å². The lowest BCUT2D eigenvalue weighted by Crippen LogP contribution is -2.35. The van der Waals surface area contributed by atoms with E-state index >= 15 is 0 Å². The molecular formula is C15H21FN2S. The third-order valence-electron chi connectivity index (χ3n) is 3.88. The fraction of sp³-hybridized carbons (Fsp3) is 0.533. The Morgan fingerprint density at radius 3 is 2.68 bits per heavy atom. The zero-order chi connectivity index (χ0) is 13.8. The Bertz CT molecular complexity index is 453. The van der Waals surface area contributed by atoms with Gasteiger partial charge >= 0.3 is 0 Å². The van der Waals surface area contributed by atoms with Crippen LogP contribution in [0.5, 0.6) is 0 Å². The van der Waals surface area contributed by atoms with Crippen LogP contribution in [0.2, 0.25) is 0 Å². The molecule has 4 heteroatoms. The average Bonchev–Trinajstić information content (AvgIpc) is 2.40. The van der Waals surface area contributed by atoms with Gasteiger partial charge in [0.1, 0.15) is 10.8 Å². The first-order valence-electron chi connectivity index (χ1n) is 6.96. The third-order valence-corrected chi connectivity index (χ3v) is 4.10. The third kappa shape index (κ3) is 3.44. The summed E-state index contributed by atoms with van der Waals surface area (Å²) in [6.07, 6.45) is 4.95. The number of thiocarbonyl (C=S) groups is 1. The molecule has 1 heterocycles. The molecule has 104 valence electrons. The van der Waals surface area contributed by atoms with Crippen molar-refractivity contribution in [1.29, 1.82) is 0 Å². The van der Waals surface area contributed by atoms with E-state index in [9.17, 15) is 4.39 Å². The molecule has 19 heavy (non-hydrogen) atoms. The Morgan fingerprint density at radius 2 is 2.11 bits per heavy atom. The molecule has 0 radical (unpaired) electrons. The summed E-state index contributed by atoms with van der Waals surface area (Å²) < 4.78 is 13.3. The van der Waals surface area contributed by atoms with Crippen LogP contribution in [0.15, 0.2) is 18.2 Å². The number of nitrogens with two attached hydrogens (primary N) is 1. The maximum atomic E-state index is 13.3. The number of anilines is 1. The van der Waals surface area contributed by atoms with E-state index < -0.39 is 0 Å². The molecule has 1 aliphatic heterocycles. The Labute approximate surface area is 119 Å². The maximum absolute atomic E-state index is 13.3. The van der Waals surface area contributed by atoms with Gasteiger partial charge in [-0.05, 0) is 37.0 Å². The van der Waals surface area contributed by atoms with Gasteiger partial charge in [-0.2, -0.15) is 0 Å². The van der Waals surface area contributed by atoms with Gasteiger partial charge in [0.25, 0.3) is 0 Å². The van der Waals surface area contributed by atoms with Gasteiger partial charge in [-0.1, -0.05) is 32.0 Å². The van der Waals surface area contributed by atoms with Crippen LogP contribution < -0.4 is 10.6 Å². The Morgan fingerprint density at radius 1 is 1.42 bits per heavy atom.